The molecule has 0 atom stereocenters. The van der Waals surface area contributed by atoms with Crippen LogP contribution in [0.3, 0.4) is 0 Å². The quantitative estimate of drug-likeness (QED) is 0.856. The van der Waals surface area contributed by atoms with Crippen LogP contribution in [0.1, 0.15) is 29.8 Å². The highest BCUT2D eigenvalue weighted by atomic mass is 16.5. The zero-order valence-corrected chi connectivity index (χ0v) is 12.3. The van der Waals surface area contributed by atoms with Gasteiger partial charge in [-0.1, -0.05) is 12.1 Å². The summed E-state index contributed by atoms with van der Waals surface area (Å²) < 4.78 is 5.60. The molecule has 4 heteroatoms. The Morgan fingerprint density at radius 1 is 1.10 bits per heavy atom. The van der Waals surface area contributed by atoms with Crippen molar-refractivity contribution >= 4 is 11.6 Å². The fourth-order valence-corrected chi connectivity index (χ4v) is 1.91. The van der Waals surface area contributed by atoms with Crippen molar-refractivity contribution in [3.63, 3.8) is 0 Å². The van der Waals surface area contributed by atoms with E-state index in [1.54, 1.807) is 12.1 Å². The average Bonchev–Trinajstić information content (AvgIpc) is 2.46. The molecule has 0 spiro atoms. The lowest BCUT2D eigenvalue weighted by atomic mass is 10.2. The van der Waals surface area contributed by atoms with Gasteiger partial charge < -0.3 is 15.8 Å². The minimum Gasteiger partial charge on any atom is -0.491 e. The van der Waals surface area contributed by atoms with Crippen molar-refractivity contribution in [1.29, 1.82) is 0 Å². The number of anilines is 1. The molecule has 0 fully saturated rings. The first-order chi connectivity index (χ1) is 10.0. The Labute approximate surface area is 124 Å². The second-order valence-electron chi connectivity index (χ2n) is 5.11. The third-order valence-electron chi connectivity index (χ3n) is 2.96. The van der Waals surface area contributed by atoms with E-state index in [0.29, 0.717) is 12.1 Å². The first-order valence-corrected chi connectivity index (χ1v) is 6.94. The number of nitrogens with one attached hydrogen (secondary N) is 1. The van der Waals surface area contributed by atoms with Crippen LogP contribution in [-0.4, -0.2) is 12.0 Å². The molecule has 1 amide bonds. The van der Waals surface area contributed by atoms with E-state index in [9.17, 15) is 4.79 Å². The number of ether oxygens (including phenoxy) is 1. The number of hydrogen-bond donors (Lipinski definition) is 2. The molecule has 0 aliphatic rings. The summed E-state index contributed by atoms with van der Waals surface area (Å²) in [7, 11) is 0. The second kappa shape index (κ2) is 6.79. The number of amides is 1. The molecular formula is C17H20N2O2. The maximum absolute atomic E-state index is 11.0. The van der Waals surface area contributed by atoms with E-state index in [4.69, 9.17) is 10.5 Å². The van der Waals surface area contributed by atoms with Crippen molar-refractivity contribution in [2.45, 2.75) is 26.5 Å². The highest BCUT2D eigenvalue weighted by molar-refractivity contribution is 5.93. The lowest BCUT2D eigenvalue weighted by Gasteiger charge is -2.11. The lowest BCUT2D eigenvalue weighted by molar-refractivity contribution is 0.100. The second-order valence-corrected chi connectivity index (χ2v) is 5.11. The monoisotopic (exact) mass is 284 g/mol. The summed E-state index contributed by atoms with van der Waals surface area (Å²) in [6, 6.07) is 15.1. The molecule has 2 aromatic rings. The van der Waals surface area contributed by atoms with Crippen LogP contribution in [-0.2, 0) is 6.54 Å². The molecule has 21 heavy (non-hydrogen) atoms. The van der Waals surface area contributed by atoms with E-state index in [2.05, 4.69) is 5.32 Å². The van der Waals surface area contributed by atoms with Crippen LogP contribution in [0, 0.1) is 0 Å². The summed E-state index contributed by atoms with van der Waals surface area (Å²) >= 11 is 0. The Morgan fingerprint density at radius 3 is 2.24 bits per heavy atom. The summed E-state index contributed by atoms with van der Waals surface area (Å²) in [4.78, 5) is 11.0. The molecule has 0 saturated heterocycles. The Morgan fingerprint density at radius 2 is 1.71 bits per heavy atom. The predicted octanol–water partition coefficient (Wildman–Crippen LogP) is 3.18. The summed E-state index contributed by atoms with van der Waals surface area (Å²) in [5, 5.41) is 3.29. The zero-order valence-electron chi connectivity index (χ0n) is 12.3. The van der Waals surface area contributed by atoms with Gasteiger partial charge in [0.1, 0.15) is 5.75 Å². The summed E-state index contributed by atoms with van der Waals surface area (Å²) in [5.41, 5.74) is 7.82. The first-order valence-electron chi connectivity index (χ1n) is 6.94. The van der Waals surface area contributed by atoms with Gasteiger partial charge in [-0.05, 0) is 55.8 Å². The van der Waals surface area contributed by atoms with Crippen molar-refractivity contribution in [2.24, 2.45) is 5.73 Å². The van der Waals surface area contributed by atoms with Crippen LogP contribution in [0.15, 0.2) is 48.5 Å². The first kappa shape index (κ1) is 14.9. The molecule has 0 aliphatic heterocycles. The third kappa shape index (κ3) is 4.53. The Kier molecular flexibility index (Phi) is 4.82. The number of primary amides is 1. The number of benzene rings is 2. The smallest absolute Gasteiger partial charge is 0.248 e. The minimum atomic E-state index is -0.415. The molecule has 0 bridgehead atoms. The molecule has 4 nitrogen and oxygen atoms in total. The molecule has 0 unspecified atom stereocenters. The lowest BCUT2D eigenvalue weighted by Crippen LogP contribution is -2.10. The highest BCUT2D eigenvalue weighted by Crippen LogP contribution is 2.15. The SMILES string of the molecule is CC(C)Oc1ccc(CNc2ccc(C(N)=O)cc2)cc1. The topological polar surface area (TPSA) is 64.3 Å². The molecular weight excluding hydrogens is 264 g/mol. The van der Waals surface area contributed by atoms with Gasteiger partial charge in [-0.15, -0.1) is 0 Å². The van der Waals surface area contributed by atoms with E-state index in [1.165, 1.54) is 0 Å². The maximum atomic E-state index is 11.0. The van der Waals surface area contributed by atoms with Gasteiger partial charge in [-0.3, -0.25) is 4.79 Å². The zero-order chi connectivity index (χ0) is 15.2. The normalized spacial score (nSPS) is 10.4. The van der Waals surface area contributed by atoms with E-state index >= 15 is 0 Å². The molecule has 0 aromatic heterocycles. The molecule has 0 aliphatic carbocycles. The molecule has 0 heterocycles. The summed E-state index contributed by atoms with van der Waals surface area (Å²) in [6.45, 7) is 4.72. The maximum Gasteiger partial charge on any atom is 0.248 e. The molecule has 110 valence electrons. The summed E-state index contributed by atoms with van der Waals surface area (Å²) in [6.07, 6.45) is 0.178. The van der Waals surface area contributed by atoms with Gasteiger partial charge >= 0.3 is 0 Å². The number of carbonyl (C=O) groups excluding carboxylic acids is 1. The average molecular weight is 284 g/mol. The van der Waals surface area contributed by atoms with Crippen LogP contribution < -0.4 is 15.8 Å². The van der Waals surface area contributed by atoms with Crippen molar-refractivity contribution in [3.8, 4) is 5.75 Å². The van der Waals surface area contributed by atoms with E-state index in [0.717, 1.165) is 17.0 Å². The van der Waals surface area contributed by atoms with Crippen LogP contribution in [0.2, 0.25) is 0 Å². The fourth-order valence-electron chi connectivity index (χ4n) is 1.91. The number of rotatable bonds is 6. The molecule has 0 saturated carbocycles. The number of nitrogens with two attached hydrogens (primary N) is 1. The van der Waals surface area contributed by atoms with Gasteiger partial charge in [0.2, 0.25) is 5.91 Å². The third-order valence-corrected chi connectivity index (χ3v) is 2.96. The van der Waals surface area contributed by atoms with Gasteiger partial charge in [-0.2, -0.15) is 0 Å². The van der Waals surface area contributed by atoms with Crippen LogP contribution >= 0.6 is 0 Å². The van der Waals surface area contributed by atoms with E-state index in [1.807, 2.05) is 50.2 Å². The molecule has 0 radical (unpaired) electrons. The Bertz CT molecular complexity index is 589. The van der Waals surface area contributed by atoms with E-state index < -0.39 is 5.91 Å². The van der Waals surface area contributed by atoms with Crippen molar-refractivity contribution in [2.75, 3.05) is 5.32 Å². The molecule has 2 rings (SSSR count). The number of carbonyl (C=O) groups is 1. The van der Waals surface area contributed by atoms with Gasteiger partial charge in [0.05, 0.1) is 6.10 Å². The van der Waals surface area contributed by atoms with Crippen molar-refractivity contribution in [3.05, 3.63) is 59.7 Å². The predicted molar refractivity (Wildman–Crippen MR) is 84.5 cm³/mol. The number of hydrogen-bond acceptors (Lipinski definition) is 3. The Hall–Kier alpha value is -2.49. The van der Waals surface area contributed by atoms with Gasteiger partial charge in [0.15, 0.2) is 0 Å². The van der Waals surface area contributed by atoms with Gasteiger partial charge in [-0.25, -0.2) is 0 Å². The highest BCUT2D eigenvalue weighted by Gasteiger charge is 2.01. The largest absolute Gasteiger partial charge is 0.491 e. The summed E-state index contributed by atoms with van der Waals surface area (Å²) in [5.74, 6) is 0.460. The minimum absolute atomic E-state index is 0.178. The van der Waals surface area contributed by atoms with Crippen LogP contribution in [0.4, 0.5) is 5.69 Å². The molecule has 3 N–H and O–H groups in total. The van der Waals surface area contributed by atoms with Crippen LogP contribution in [0.25, 0.3) is 0 Å². The van der Waals surface area contributed by atoms with Gasteiger partial charge in [0, 0.05) is 17.8 Å². The fraction of sp³-hybridized carbons (Fsp3) is 0.235. The van der Waals surface area contributed by atoms with E-state index in [-0.39, 0.29) is 6.10 Å². The van der Waals surface area contributed by atoms with Crippen molar-refractivity contribution in [1.82, 2.24) is 0 Å². The Balaban J connectivity index is 1.91. The van der Waals surface area contributed by atoms with Gasteiger partial charge in [0.25, 0.3) is 0 Å². The van der Waals surface area contributed by atoms with Crippen molar-refractivity contribution < 1.29 is 9.53 Å². The standard InChI is InChI=1S/C17H20N2O2/c1-12(2)21-16-9-3-13(4-10-16)11-19-15-7-5-14(6-8-15)17(18)20/h3-10,12,19H,11H2,1-2H3,(H2,18,20). The molecule has 2 aromatic carbocycles. The van der Waals surface area contributed by atoms with Crippen LogP contribution in [0.5, 0.6) is 5.75 Å².